The number of methoxy groups -OCH3 is 1. The average molecular weight is 449 g/mol. The second-order valence-electron chi connectivity index (χ2n) is 9.10. The minimum Gasteiger partial charge on any atom is -0.496 e. The number of carbonyl (C=O) groups excluding carboxylic acids is 1. The summed E-state index contributed by atoms with van der Waals surface area (Å²) >= 11 is 0. The molecule has 32 heavy (non-hydrogen) atoms. The normalized spacial score (nSPS) is 17.7. The number of carbonyl (C=O) groups is 1. The van der Waals surface area contributed by atoms with Crippen LogP contribution in [0.25, 0.3) is 11.1 Å². The summed E-state index contributed by atoms with van der Waals surface area (Å²) in [6.45, 7) is 7.99. The second-order valence-corrected chi connectivity index (χ2v) is 12.7. The lowest BCUT2D eigenvalue weighted by Gasteiger charge is -2.29. The molecule has 166 valence electrons. The number of nitrogens with zero attached hydrogens (tertiary/aromatic N) is 1. The summed E-state index contributed by atoms with van der Waals surface area (Å²) in [5.74, 6) is 0.728. The average Bonchev–Trinajstić information content (AvgIpc) is 3.09. The van der Waals surface area contributed by atoms with E-state index in [1.54, 1.807) is 12.0 Å². The Morgan fingerprint density at radius 3 is 2.34 bits per heavy atom. The third kappa shape index (κ3) is 3.61. The molecule has 6 heteroatoms. The van der Waals surface area contributed by atoms with Crippen LogP contribution in [0, 0.1) is 6.92 Å². The number of hydrogen-bond donors (Lipinski definition) is 1. The standard InChI is InChI=1S/C26H29N2O3P/c1-18-11-9-16-22(31-5)23(18)20-14-10-15-21-24(20)32(30,26(2,3)4)17-28(21)25(29)27-19-12-7-6-8-13-19/h6-16H,17H2,1-5H3,(H,27,29). The number of anilines is 2. The summed E-state index contributed by atoms with van der Waals surface area (Å²) in [5, 5.41) is 3.18. The summed E-state index contributed by atoms with van der Waals surface area (Å²) < 4.78 is 20.3. The van der Waals surface area contributed by atoms with Gasteiger partial charge < -0.3 is 14.6 Å². The molecule has 3 aromatic rings. The minimum atomic E-state index is -3.00. The molecule has 0 aliphatic carbocycles. The Morgan fingerprint density at radius 2 is 1.69 bits per heavy atom. The molecule has 1 N–H and O–H groups in total. The van der Waals surface area contributed by atoms with Gasteiger partial charge in [0.15, 0.2) is 0 Å². The third-order valence-electron chi connectivity index (χ3n) is 6.08. The van der Waals surface area contributed by atoms with E-state index in [9.17, 15) is 9.36 Å². The Bertz CT molecular complexity index is 1220. The van der Waals surface area contributed by atoms with Crippen LogP contribution in [0.15, 0.2) is 66.7 Å². The quantitative estimate of drug-likeness (QED) is 0.467. The first-order valence-electron chi connectivity index (χ1n) is 10.7. The number of benzene rings is 3. The summed E-state index contributed by atoms with van der Waals surface area (Å²) in [5.41, 5.74) is 4.21. The van der Waals surface area contributed by atoms with Gasteiger partial charge in [0, 0.05) is 21.7 Å². The molecule has 0 fully saturated rings. The van der Waals surface area contributed by atoms with E-state index in [4.69, 9.17) is 4.74 Å². The first kappa shape index (κ1) is 22.2. The number of ether oxygens (including phenoxy) is 1. The highest BCUT2D eigenvalue weighted by molar-refractivity contribution is 7.74. The second kappa shape index (κ2) is 8.14. The van der Waals surface area contributed by atoms with Gasteiger partial charge in [-0.15, -0.1) is 0 Å². The molecule has 4 rings (SSSR count). The largest absolute Gasteiger partial charge is 0.496 e. The number of amides is 2. The maximum absolute atomic E-state index is 14.7. The van der Waals surface area contributed by atoms with Gasteiger partial charge in [0.1, 0.15) is 12.9 Å². The fourth-order valence-electron chi connectivity index (χ4n) is 4.27. The van der Waals surface area contributed by atoms with Crippen LogP contribution in [-0.4, -0.2) is 24.6 Å². The summed E-state index contributed by atoms with van der Waals surface area (Å²) in [7, 11) is -1.36. The van der Waals surface area contributed by atoms with Crippen molar-refractivity contribution in [1.29, 1.82) is 0 Å². The van der Waals surface area contributed by atoms with Gasteiger partial charge in [0.2, 0.25) is 0 Å². The van der Waals surface area contributed by atoms with Crippen molar-refractivity contribution in [1.82, 2.24) is 0 Å². The Balaban J connectivity index is 1.91. The highest BCUT2D eigenvalue weighted by Crippen LogP contribution is 2.64. The van der Waals surface area contributed by atoms with E-state index in [1.807, 2.05) is 94.4 Å². The van der Waals surface area contributed by atoms with Crippen LogP contribution in [0.3, 0.4) is 0 Å². The van der Waals surface area contributed by atoms with E-state index < -0.39 is 12.3 Å². The number of nitrogens with one attached hydrogen (secondary N) is 1. The monoisotopic (exact) mass is 448 g/mol. The van der Waals surface area contributed by atoms with Crippen molar-refractivity contribution in [2.75, 3.05) is 23.6 Å². The van der Waals surface area contributed by atoms with Gasteiger partial charge >= 0.3 is 6.03 Å². The van der Waals surface area contributed by atoms with Crippen molar-refractivity contribution in [2.45, 2.75) is 32.9 Å². The Labute approximate surface area is 189 Å². The molecule has 1 atom stereocenters. The summed E-state index contributed by atoms with van der Waals surface area (Å²) in [6, 6.07) is 20.7. The molecular formula is C26H29N2O3P. The van der Waals surface area contributed by atoms with Crippen molar-refractivity contribution in [2.24, 2.45) is 0 Å². The molecule has 0 radical (unpaired) electrons. The van der Waals surface area contributed by atoms with Gasteiger partial charge in [0.25, 0.3) is 0 Å². The minimum absolute atomic E-state index is 0.162. The topological polar surface area (TPSA) is 58.6 Å². The predicted molar refractivity (Wildman–Crippen MR) is 133 cm³/mol. The van der Waals surface area contributed by atoms with Crippen molar-refractivity contribution in [3.63, 3.8) is 0 Å². The molecule has 2 amide bonds. The van der Waals surface area contributed by atoms with E-state index in [1.165, 1.54) is 0 Å². The molecule has 3 aromatic carbocycles. The van der Waals surface area contributed by atoms with Gasteiger partial charge in [-0.3, -0.25) is 4.90 Å². The smallest absolute Gasteiger partial charge is 0.326 e. The molecule has 0 bridgehead atoms. The van der Waals surface area contributed by atoms with Crippen molar-refractivity contribution >= 4 is 29.9 Å². The zero-order valence-electron chi connectivity index (χ0n) is 19.2. The zero-order chi connectivity index (χ0) is 23.1. The first-order chi connectivity index (χ1) is 15.2. The van der Waals surface area contributed by atoms with Crippen molar-refractivity contribution in [3.05, 3.63) is 72.3 Å². The summed E-state index contributed by atoms with van der Waals surface area (Å²) in [6.07, 6.45) is 0.162. The molecule has 0 saturated heterocycles. The molecule has 1 aliphatic rings. The SMILES string of the molecule is COc1cccc(C)c1-c1cccc2c1P(=O)(C(C)(C)C)CN2C(=O)Nc1ccccc1. The molecule has 0 spiro atoms. The lowest BCUT2D eigenvalue weighted by molar-refractivity contribution is 0.258. The Morgan fingerprint density at radius 1 is 1.00 bits per heavy atom. The maximum atomic E-state index is 14.7. The Hall–Kier alpha value is -3.04. The van der Waals surface area contributed by atoms with Crippen LogP contribution in [0.5, 0.6) is 5.75 Å². The van der Waals surface area contributed by atoms with Crippen LogP contribution in [0.2, 0.25) is 0 Å². The number of aryl methyl sites for hydroxylation is 1. The lowest BCUT2D eigenvalue weighted by Crippen LogP contribution is -2.34. The van der Waals surface area contributed by atoms with Gasteiger partial charge in [-0.1, -0.05) is 63.2 Å². The first-order valence-corrected chi connectivity index (χ1v) is 12.6. The van der Waals surface area contributed by atoms with Gasteiger partial charge in [-0.25, -0.2) is 4.79 Å². The van der Waals surface area contributed by atoms with Crippen LogP contribution >= 0.6 is 7.14 Å². The number of hydrogen-bond acceptors (Lipinski definition) is 3. The van der Waals surface area contributed by atoms with E-state index in [2.05, 4.69) is 5.32 Å². The van der Waals surface area contributed by atoms with E-state index in [-0.39, 0.29) is 12.3 Å². The van der Waals surface area contributed by atoms with E-state index in [0.717, 1.165) is 27.7 Å². The van der Waals surface area contributed by atoms with Gasteiger partial charge in [-0.05, 0) is 42.3 Å². The van der Waals surface area contributed by atoms with Crippen molar-refractivity contribution in [3.8, 4) is 16.9 Å². The van der Waals surface area contributed by atoms with Crippen LogP contribution in [-0.2, 0) is 4.57 Å². The van der Waals surface area contributed by atoms with Crippen LogP contribution in [0.4, 0.5) is 16.2 Å². The van der Waals surface area contributed by atoms with Gasteiger partial charge in [-0.2, -0.15) is 0 Å². The lowest BCUT2D eigenvalue weighted by atomic mass is 9.98. The summed E-state index contributed by atoms with van der Waals surface area (Å²) in [4.78, 5) is 14.9. The van der Waals surface area contributed by atoms with Gasteiger partial charge in [0.05, 0.1) is 19.1 Å². The number of para-hydroxylation sites is 1. The molecule has 1 heterocycles. The third-order valence-corrected chi connectivity index (χ3v) is 10.1. The number of urea groups is 1. The maximum Gasteiger partial charge on any atom is 0.326 e. The highest BCUT2D eigenvalue weighted by atomic mass is 31.2. The van der Waals surface area contributed by atoms with Crippen LogP contribution < -0.4 is 20.3 Å². The molecule has 5 nitrogen and oxygen atoms in total. The molecule has 1 unspecified atom stereocenters. The molecular weight excluding hydrogens is 419 g/mol. The van der Waals surface area contributed by atoms with Crippen LogP contribution in [0.1, 0.15) is 26.3 Å². The molecule has 1 aliphatic heterocycles. The van der Waals surface area contributed by atoms with Crippen molar-refractivity contribution < 1.29 is 14.1 Å². The fourth-order valence-corrected chi connectivity index (χ4v) is 7.32. The predicted octanol–water partition coefficient (Wildman–Crippen LogP) is 6.47. The van der Waals surface area contributed by atoms with E-state index >= 15 is 0 Å². The number of rotatable bonds is 3. The number of fused-ring (bicyclic) bond motifs is 1. The van der Waals surface area contributed by atoms with E-state index in [0.29, 0.717) is 11.4 Å². The molecule has 0 saturated carbocycles. The molecule has 0 aromatic heterocycles. The fraction of sp³-hybridized carbons (Fsp3) is 0.269. The highest BCUT2D eigenvalue weighted by Gasteiger charge is 2.49. The zero-order valence-corrected chi connectivity index (χ0v) is 20.1. The Kier molecular flexibility index (Phi) is 5.64.